The lowest BCUT2D eigenvalue weighted by molar-refractivity contribution is -0.139. The molecule has 1 unspecified atom stereocenters. The van der Waals surface area contributed by atoms with Crippen molar-refractivity contribution in [3.63, 3.8) is 0 Å². The van der Waals surface area contributed by atoms with Crippen LogP contribution < -0.4 is 5.73 Å². The van der Waals surface area contributed by atoms with Crippen molar-refractivity contribution in [1.29, 1.82) is 0 Å². The lowest BCUT2D eigenvalue weighted by Gasteiger charge is -2.22. The highest BCUT2D eigenvalue weighted by molar-refractivity contribution is 5.73. The highest BCUT2D eigenvalue weighted by Gasteiger charge is 2.20. The molecule has 1 atom stereocenters. The summed E-state index contributed by atoms with van der Waals surface area (Å²) in [5.74, 6) is -0.301. The molecule has 0 bridgehead atoms. The Balaban J connectivity index is 0.00000144. The summed E-state index contributed by atoms with van der Waals surface area (Å²) in [6.45, 7) is 0. The van der Waals surface area contributed by atoms with E-state index >= 15 is 0 Å². The second-order valence-electron chi connectivity index (χ2n) is 3.68. The Labute approximate surface area is 78.4 Å². The van der Waals surface area contributed by atoms with Gasteiger partial charge in [0.05, 0.1) is 0 Å². The van der Waals surface area contributed by atoms with Crippen molar-refractivity contribution in [2.24, 2.45) is 11.7 Å². The SMILES string of the molecule is NC(CC1CCCCC1)C(=O)O.O. The summed E-state index contributed by atoms with van der Waals surface area (Å²) < 4.78 is 0. The molecule has 0 aromatic carbocycles. The Bertz CT molecular complexity index is 155. The van der Waals surface area contributed by atoms with Crippen LogP contribution in [0.5, 0.6) is 0 Å². The predicted molar refractivity (Wildman–Crippen MR) is 50.4 cm³/mol. The molecule has 5 N–H and O–H groups in total. The number of carbonyl (C=O) groups is 1. The number of carboxylic acids is 1. The van der Waals surface area contributed by atoms with Crippen LogP contribution in [0.2, 0.25) is 0 Å². The van der Waals surface area contributed by atoms with E-state index in [1.54, 1.807) is 0 Å². The van der Waals surface area contributed by atoms with Crippen molar-refractivity contribution < 1.29 is 15.4 Å². The molecule has 0 heterocycles. The first kappa shape index (κ1) is 12.4. The molecule has 0 aromatic rings. The summed E-state index contributed by atoms with van der Waals surface area (Å²) in [5, 5.41) is 8.59. The molecular formula is C9H19NO3. The van der Waals surface area contributed by atoms with Crippen LogP contribution in [0.3, 0.4) is 0 Å². The van der Waals surface area contributed by atoms with Crippen LogP contribution in [-0.2, 0) is 4.79 Å². The molecule has 1 aliphatic carbocycles. The summed E-state index contributed by atoms with van der Waals surface area (Å²) in [6.07, 6.45) is 6.80. The van der Waals surface area contributed by atoms with Gasteiger partial charge in [0.25, 0.3) is 0 Å². The molecule has 0 aromatic heterocycles. The van der Waals surface area contributed by atoms with Crippen LogP contribution in [0, 0.1) is 5.92 Å². The van der Waals surface area contributed by atoms with Gasteiger partial charge < -0.3 is 16.3 Å². The Morgan fingerprint density at radius 1 is 1.38 bits per heavy atom. The second kappa shape index (κ2) is 5.94. The quantitative estimate of drug-likeness (QED) is 0.678. The summed E-state index contributed by atoms with van der Waals surface area (Å²) in [5.41, 5.74) is 5.45. The van der Waals surface area contributed by atoms with E-state index in [1.165, 1.54) is 32.1 Å². The van der Waals surface area contributed by atoms with Crippen LogP contribution >= 0.6 is 0 Å². The van der Waals surface area contributed by atoms with Crippen molar-refractivity contribution in [3.05, 3.63) is 0 Å². The molecule has 13 heavy (non-hydrogen) atoms. The van der Waals surface area contributed by atoms with E-state index in [9.17, 15) is 4.79 Å². The number of aliphatic carboxylic acids is 1. The molecule has 1 fully saturated rings. The minimum absolute atomic E-state index is 0. The summed E-state index contributed by atoms with van der Waals surface area (Å²) in [4.78, 5) is 10.4. The number of hydrogen-bond donors (Lipinski definition) is 2. The average molecular weight is 189 g/mol. The number of hydrogen-bond acceptors (Lipinski definition) is 2. The minimum atomic E-state index is -0.861. The number of nitrogens with two attached hydrogens (primary N) is 1. The smallest absolute Gasteiger partial charge is 0.320 e. The fourth-order valence-corrected chi connectivity index (χ4v) is 1.88. The van der Waals surface area contributed by atoms with Crippen molar-refractivity contribution in [1.82, 2.24) is 0 Å². The topological polar surface area (TPSA) is 94.8 Å². The maximum Gasteiger partial charge on any atom is 0.320 e. The van der Waals surface area contributed by atoms with Crippen molar-refractivity contribution >= 4 is 5.97 Å². The summed E-state index contributed by atoms with van der Waals surface area (Å²) in [6, 6.07) is -0.645. The minimum Gasteiger partial charge on any atom is -0.480 e. The monoisotopic (exact) mass is 189 g/mol. The van der Waals surface area contributed by atoms with Gasteiger partial charge in [-0.1, -0.05) is 32.1 Å². The number of carboxylic acid groups (broad SMARTS) is 1. The normalized spacial score (nSPS) is 20.4. The maximum absolute atomic E-state index is 10.4. The molecular weight excluding hydrogens is 170 g/mol. The molecule has 0 amide bonds. The van der Waals surface area contributed by atoms with E-state index in [-0.39, 0.29) is 5.48 Å². The van der Waals surface area contributed by atoms with Crippen molar-refractivity contribution in [2.75, 3.05) is 0 Å². The predicted octanol–water partition coefficient (Wildman–Crippen LogP) is 0.544. The van der Waals surface area contributed by atoms with E-state index in [2.05, 4.69) is 0 Å². The molecule has 0 spiro atoms. The maximum atomic E-state index is 10.4. The zero-order valence-electron chi connectivity index (χ0n) is 7.83. The molecule has 0 aliphatic heterocycles. The summed E-state index contributed by atoms with van der Waals surface area (Å²) >= 11 is 0. The second-order valence-corrected chi connectivity index (χ2v) is 3.68. The zero-order chi connectivity index (χ0) is 8.97. The highest BCUT2D eigenvalue weighted by atomic mass is 16.4. The first-order valence-corrected chi connectivity index (χ1v) is 4.68. The first-order valence-electron chi connectivity index (χ1n) is 4.68. The van der Waals surface area contributed by atoms with Gasteiger partial charge in [-0.25, -0.2) is 0 Å². The van der Waals surface area contributed by atoms with E-state index in [1.807, 2.05) is 0 Å². The highest BCUT2D eigenvalue weighted by Crippen LogP contribution is 2.26. The van der Waals surface area contributed by atoms with Crippen LogP contribution in [0.4, 0.5) is 0 Å². The molecule has 78 valence electrons. The lowest BCUT2D eigenvalue weighted by Crippen LogP contribution is -2.32. The van der Waals surface area contributed by atoms with Crippen LogP contribution in [0.15, 0.2) is 0 Å². The first-order chi connectivity index (χ1) is 5.70. The standard InChI is InChI=1S/C9H17NO2.H2O/c10-8(9(11)12)6-7-4-2-1-3-5-7;/h7-8H,1-6,10H2,(H,11,12);1H2. The van der Waals surface area contributed by atoms with Gasteiger partial charge in [-0.15, -0.1) is 0 Å². The van der Waals surface area contributed by atoms with E-state index in [4.69, 9.17) is 10.8 Å². The van der Waals surface area contributed by atoms with Gasteiger partial charge >= 0.3 is 5.97 Å². The summed E-state index contributed by atoms with van der Waals surface area (Å²) in [7, 11) is 0. The largest absolute Gasteiger partial charge is 0.480 e. The van der Waals surface area contributed by atoms with E-state index < -0.39 is 12.0 Å². The van der Waals surface area contributed by atoms with Gasteiger partial charge in [0.15, 0.2) is 0 Å². The fraction of sp³-hybridized carbons (Fsp3) is 0.889. The van der Waals surface area contributed by atoms with Gasteiger partial charge in [0.1, 0.15) is 6.04 Å². The molecule has 0 saturated heterocycles. The van der Waals surface area contributed by atoms with Gasteiger partial charge in [0.2, 0.25) is 0 Å². The Morgan fingerprint density at radius 3 is 2.38 bits per heavy atom. The third-order valence-electron chi connectivity index (χ3n) is 2.63. The van der Waals surface area contributed by atoms with Gasteiger partial charge in [-0.2, -0.15) is 0 Å². The molecule has 0 radical (unpaired) electrons. The van der Waals surface area contributed by atoms with Gasteiger partial charge in [0, 0.05) is 0 Å². The zero-order valence-corrected chi connectivity index (χ0v) is 7.83. The van der Waals surface area contributed by atoms with E-state index in [0.717, 1.165) is 0 Å². The third-order valence-corrected chi connectivity index (χ3v) is 2.63. The molecule has 1 saturated carbocycles. The molecule has 4 heteroatoms. The Morgan fingerprint density at radius 2 is 1.92 bits per heavy atom. The fourth-order valence-electron chi connectivity index (χ4n) is 1.88. The lowest BCUT2D eigenvalue weighted by atomic mass is 9.85. The van der Waals surface area contributed by atoms with Crippen LogP contribution in [-0.4, -0.2) is 22.6 Å². The van der Waals surface area contributed by atoms with Gasteiger partial charge in [-0.3, -0.25) is 4.79 Å². The van der Waals surface area contributed by atoms with Gasteiger partial charge in [-0.05, 0) is 12.3 Å². The van der Waals surface area contributed by atoms with Crippen molar-refractivity contribution in [3.8, 4) is 0 Å². The molecule has 4 nitrogen and oxygen atoms in total. The van der Waals surface area contributed by atoms with Crippen LogP contribution in [0.1, 0.15) is 38.5 Å². The van der Waals surface area contributed by atoms with Crippen LogP contribution in [0.25, 0.3) is 0 Å². The average Bonchev–Trinajstić information content (AvgIpc) is 2.06. The Hall–Kier alpha value is -0.610. The number of rotatable bonds is 3. The van der Waals surface area contributed by atoms with Crippen molar-refractivity contribution in [2.45, 2.75) is 44.6 Å². The third kappa shape index (κ3) is 4.24. The Kier molecular flexibility index (Phi) is 5.66. The van der Waals surface area contributed by atoms with E-state index in [0.29, 0.717) is 12.3 Å². The molecule has 1 rings (SSSR count). The molecule has 1 aliphatic rings.